The Morgan fingerprint density at radius 1 is 0.211 bits per heavy atom. The molecule has 109 heavy (non-hydrogen) atoms. The smallest absolute Gasteiger partial charge is 0.252 e. The minimum Gasteiger partial charge on any atom is -0.311 e. The number of hydrogen-bond donors (Lipinski definition) is 0. The largest absolute Gasteiger partial charge is 0.311 e. The van der Waals surface area contributed by atoms with Gasteiger partial charge in [-0.3, -0.25) is 0 Å². The van der Waals surface area contributed by atoms with E-state index in [-0.39, 0.29) is 6.71 Å². The normalized spacial score (nSPS) is 15.0. The van der Waals surface area contributed by atoms with Crippen LogP contribution >= 0.6 is 0 Å². The van der Waals surface area contributed by atoms with Crippen LogP contribution in [0.2, 0.25) is 0 Å². The Balaban J connectivity index is 0.876. The monoisotopic (exact) mass is 1380 g/mol. The average molecular weight is 1380 g/mol. The second-order valence-electron chi connectivity index (χ2n) is 31.0. The summed E-state index contributed by atoms with van der Waals surface area (Å²) in [5.74, 6) is 0. The van der Waals surface area contributed by atoms with Crippen LogP contribution in [0.1, 0.15) is 66.8 Å². The van der Waals surface area contributed by atoms with Crippen molar-refractivity contribution >= 4 is 79.0 Å². The molecule has 3 nitrogen and oxygen atoms in total. The van der Waals surface area contributed by atoms with Gasteiger partial charge in [0, 0.05) is 50.3 Å². The van der Waals surface area contributed by atoms with Crippen LogP contribution in [0, 0.1) is 0 Å². The van der Waals surface area contributed by atoms with E-state index >= 15 is 0 Å². The topological polar surface area (TPSA) is 11.4 Å². The second kappa shape index (κ2) is 20.8. The minimum atomic E-state index is -0.760. The summed E-state index contributed by atoms with van der Waals surface area (Å²) in [5.41, 5.74) is 45.5. The first kappa shape index (κ1) is 58.5. The number of para-hydroxylation sites is 2. The molecule has 6 aliphatic carbocycles. The first-order valence-corrected chi connectivity index (χ1v) is 38.4. The Morgan fingerprint density at radius 2 is 0.587 bits per heavy atom. The lowest BCUT2D eigenvalue weighted by Gasteiger charge is -2.47. The first-order chi connectivity index (χ1) is 54.1. The molecule has 0 atom stereocenters. The van der Waals surface area contributed by atoms with E-state index in [4.69, 9.17) is 0 Å². The van der Waals surface area contributed by atoms with Gasteiger partial charge in [-0.15, -0.1) is 0 Å². The summed E-state index contributed by atoms with van der Waals surface area (Å²) in [7, 11) is 0. The standard InChI is InChI=1S/C105H62BN3/c1-2-27-63(28-3-1)64-53-55-65(56-54-64)107-96-61-80-75-37-12-17-43-83(75)103(81-41-15-4-29-67(81)68-30-5-16-42-82(68)103)90(80)62-92(96)106-91-58-57-79-74-36-11-23-49-89(74)105(86-46-20-8-33-71(86)72-34-9-21-47-87(72)105)100(79)102(91)109(98-60-66(59-97(107)101(98)106)108-93-50-24-13-38-76(93)77-39-14-25-51-94(77)108)95-52-26-40-78-73-35-10-22-48-88(73)104(99(78)95)84-44-18-6-31-69(84)70-32-7-19-45-85(70)104/h1-62H. The summed E-state index contributed by atoms with van der Waals surface area (Å²) < 4.78 is 2.58. The number of benzene rings is 17. The first-order valence-electron chi connectivity index (χ1n) is 38.4. The van der Waals surface area contributed by atoms with Crippen molar-refractivity contribution in [2.45, 2.75) is 16.2 Å². The molecule has 1 aromatic heterocycles. The number of hydrogen-bond acceptors (Lipinski definition) is 2. The number of nitrogens with zero attached hydrogens (tertiary/aromatic N) is 3. The van der Waals surface area contributed by atoms with Crippen LogP contribution in [-0.4, -0.2) is 11.3 Å². The predicted molar refractivity (Wildman–Crippen MR) is 449 cm³/mol. The summed E-state index contributed by atoms with van der Waals surface area (Å²) in [4.78, 5) is 5.57. The van der Waals surface area contributed by atoms with E-state index in [2.05, 4.69) is 390 Å². The van der Waals surface area contributed by atoms with E-state index in [0.717, 1.165) is 39.5 Å². The summed E-state index contributed by atoms with van der Waals surface area (Å²) in [5, 5.41) is 2.44. The SMILES string of the molecule is c1ccc(-c2ccc(N3c4cc5c(cc4B4c6ccc7c(c6N(c6cccc8c6C6(c9ccccc9-c9ccccc96)c6ccccc6-8)c6cc(-n8c9ccccc9c9ccccc98)cc3c64)C3(c4ccccc4-c4ccccc43)c3ccccc3-7)C3(c4ccccc4-c4ccccc43)c3ccccc3-5)cc2)cc1. The number of aromatic nitrogens is 1. The highest BCUT2D eigenvalue weighted by molar-refractivity contribution is 7.00. The maximum atomic E-state index is 2.88. The molecule has 17 aromatic carbocycles. The Bertz CT molecular complexity index is 6930. The second-order valence-corrected chi connectivity index (χ2v) is 31.0. The van der Waals surface area contributed by atoms with E-state index in [1.807, 2.05) is 0 Å². The van der Waals surface area contributed by atoms with Crippen LogP contribution in [0.3, 0.4) is 0 Å². The van der Waals surface area contributed by atoms with Crippen LogP contribution in [0.15, 0.2) is 376 Å². The van der Waals surface area contributed by atoms with Crippen LogP contribution in [0.25, 0.3) is 105 Å². The van der Waals surface area contributed by atoms with Gasteiger partial charge < -0.3 is 14.4 Å². The van der Waals surface area contributed by atoms with Gasteiger partial charge in [0.25, 0.3) is 6.71 Å². The summed E-state index contributed by atoms with van der Waals surface area (Å²) in [6, 6.07) is 146. The van der Waals surface area contributed by atoms with Crippen molar-refractivity contribution in [1.29, 1.82) is 0 Å². The lowest BCUT2D eigenvalue weighted by atomic mass is 9.33. The van der Waals surface area contributed by atoms with Crippen molar-refractivity contribution in [3.05, 3.63) is 443 Å². The molecule has 0 amide bonds. The van der Waals surface area contributed by atoms with Gasteiger partial charge in [0.15, 0.2) is 0 Å². The summed E-state index contributed by atoms with van der Waals surface area (Å²) >= 11 is 0. The average Bonchev–Trinajstić information content (AvgIpc) is 1.53. The highest BCUT2D eigenvalue weighted by atomic mass is 15.2. The number of rotatable bonds is 4. The quantitative estimate of drug-likeness (QED) is 0.163. The van der Waals surface area contributed by atoms with E-state index in [9.17, 15) is 0 Å². The van der Waals surface area contributed by atoms with Gasteiger partial charge in [0.1, 0.15) is 0 Å². The molecular formula is C105H62BN3. The molecule has 0 bridgehead atoms. The molecule has 0 saturated heterocycles. The van der Waals surface area contributed by atoms with Crippen LogP contribution < -0.4 is 26.2 Å². The molecule has 500 valence electrons. The zero-order chi connectivity index (χ0) is 70.7. The third kappa shape index (κ3) is 6.92. The van der Waals surface area contributed by atoms with Crippen LogP contribution in [0.4, 0.5) is 34.1 Å². The molecule has 4 heteroatoms. The molecule has 8 aliphatic rings. The fraction of sp³-hybridized carbons (Fsp3) is 0.0286. The van der Waals surface area contributed by atoms with Gasteiger partial charge in [-0.2, -0.15) is 0 Å². The Kier molecular flexibility index (Phi) is 11.2. The lowest BCUT2D eigenvalue weighted by Crippen LogP contribution is -2.62. The van der Waals surface area contributed by atoms with E-state index in [0.29, 0.717) is 0 Å². The van der Waals surface area contributed by atoms with Crippen molar-refractivity contribution in [2.75, 3.05) is 9.80 Å². The molecular weight excluding hydrogens is 1310 g/mol. The highest BCUT2D eigenvalue weighted by Gasteiger charge is 2.60. The molecule has 0 radical (unpaired) electrons. The van der Waals surface area contributed by atoms with Gasteiger partial charge in [0.05, 0.1) is 38.7 Å². The summed E-state index contributed by atoms with van der Waals surface area (Å²) in [6.45, 7) is -0.315. The molecule has 3 spiro atoms. The third-order valence-electron chi connectivity index (χ3n) is 26.6. The van der Waals surface area contributed by atoms with Gasteiger partial charge in [0.2, 0.25) is 0 Å². The van der Waals surface area contributed by atoms with Crippen molar-refractivity contribution in [1.82, 2.24) is 4.57 Å². The predicted octanol–water partition coefficient (Wildman–Crippen LogP) is 23.6. The molecule has 0 saturated carbocycles. The maximum absolute atomic E-state index is 2.88. The molecule has 3 heterocycles. The zero-order valence-electron chi connectivity index (χ0n) is 59.2. The summed E-state index contributed by atoms with van der Waals surface area (Å²) in [6.07, 6.45) is 0. The molecule has 18 aromatic rings. The van der Waals surface area contributed by atoms with Gasteiger partial charge in [-0.25, -0.2) is 0 Å². The van der Waals surface area contributed by atoms with E-state index in [1.165, 1.54) is 183 Å². The van der Waals surface area contributed by atoms with Crippen molar-refractivity contribution in [3.63, 3.8) is 0 Å². The molecule has 0 unspecified atom stereocenters. The molecule has 0 fully saturated rings. The molecule has 2 aliphatic heterocycles. The Morgan fingerprint density at radius 3 is 1.07 bits per heavy atom. The van der Waals surface area contributed by atoms with E-state index < -0.39 is 16.2 Å². The fourth-order valence-corrected chi connectivity index (χ4v) is 22.8. The number of fused-ring (bicyclic) bond motifs is 38. The molecule has 0 N–H and O–H groups in total. The highest BCUT2D eigenvalue weighted by Crippen LogP contribution is 2.70. The van der Waals surface area contributed by atoms with Crippen molar-refractivity contribution in [3.8, 4) is 83.6 Å². The van der Waals surface area contributed by atoms with E-state index in [1.54, 1.807) is 0 Å². The minimum absolute atomic E-state index is 0.315. The van der Waals surface area contributed by atoms with Crippen molar-refractivity contribution in [2.24, 2.45) is 0 Å². The van der Waals surface area contributed by atoms with Gasteiger partial charge >= 0.3 is 0 Å². The Hall–Kier alpha value is -13.8. The lowest BCUT2D eigenvalue weighted by molar-refractivity contribution is 0.786. The zero-order valence-corrected chi connectivity index (χ0v) is 59.2. The Labute approximate surface area is 631 Å². The maximum Gasteiger partial charge on any atom is 0.252 e. The van der Waals surface area contributed by atoms with Crippen molar-refractivity contribution < 1.29 is 0 Å². The van der Waals surface area contributed by atoms with Crippen LogP contribution in [-0.2, 0) is 16.2 Å². The fourth-order valence-electron chi connectivity index (χ4n) is 22.8. The number of anilines is 6. The van der Waals surface area contributed by atoms with Gasteiger partial charge in [-0.05, 0) is 198 Å². The third-order valence-corrected chi connectivity index (χ3v) is 26.6. The van der Waals surface area contributed by atoms with Crippen LogP contribution in [0.5, 0.6) is 0 Å². The van der Waals surface area contributed by atoms with Gasteiger partial charge in [-0.1, -0.05) is 328 Å². The molecule has 26 rings (SSSR count).